The van der Waals surface area contributed by atoms with Crippen LogP contribution in [-0.2, 0) is 14.3 Å². The van der Waals surface area contributed by atoms with Gasteiger partial charge in [-0.3, -0.25) is 19.3 Å². The standard InChI is InChI=1S/C21H27NO6S/c1-5-9-27-16-8-7-15(10-17(16)26-6-2)11-18-20(24)22(21(25)29-18)12-19(23)28-13-14(3)4/h7-8,10-11,14H,5-6,9,12-13H2,1-4H3/b18-11-. The lowest BCUT2D eigenvalue weighted by Crippen LogP contribution is -2.34. The summed E-state index contributed by atoms with van der Waals surface area (Å²) in [4.78, 5) is 37.8. The maximum atomic E-state index is 12.6. The first kappa shape index (κ1) is 22.8. The van der Waals surface area contributed by atoms with Crippen molar-refractivity contribution in [2.75, 3.05) is 26.4 Å². The molecule has 1 fully saturated rings. The van der Waals surface area contributed by atoms with Crippen molar-refractivity contribution in [3.8, 4) is 11.5 Å². The lowest BCUT2D eigenvalue weighted by atomic mass is 10.2. The Bertz CT molecular complexity index is 789. The average molecular weight is 422 g/mol. The average Bonchev–Trinajstić information content (AvgIpc) is 2.93. The number of esters is 1. The molecule has 0 radical (unpaired) electrons. The summed E-state index contributed by atoms with van der Waals surface area (Å²) < 4.78 is 16.4. The molecule has 1 saturated heterocycles. The number of hydrogen-bond donors (Lipinski definition) is 0. The van der Waals surface area contributed by atoms with Crippen molar-refractivity contribution >= 4 is 35.0 Å². The molecule has 0 N–H and O–H groups in total. The number of benzene rings is 1. The molecule has 1 aromatic carbocycles. The molecular formula is C21H27NO6S. The summed E-state index contributed by atoms with van der Waals surface area (Å²) >= 11 is 0.799. The lowest BCUT2D eigenvalue weighted by molar-refractivity contribution is -0.147. The maximum absolute atomic E-state index is 12.6. The largest absolute Gasteiger partial charge is 0.490 e. The van der Waals surface area contributed by atoms with E-state index in [1.54, 1.807) is 24.3 Å². The summed E-state index contributed by atoms with van der Waals surface area (Å²) in [5, 5.41) is -0.490. The van der Waals surface area contributed by atoms with Gasteiger partial charge in [-0.2, -0.15) is 0 Å². The first-order chi connectivity index (χ1) is 13.8. The molecule has 1 aliphatic rings. The summed E-state index contributed by atoms with van der Waals surface area (Å²) in [6.45, 7) is 8.62. The molecule has 1 heterocycles. The molecule has 0 bridgehead atoms. The third-order valence-corrected chi connectivity index (χ3v) is 4.67. The third kappa shape index (κ3) is 6.52. The van der Waals surface area contributed by atoms with E-state index in [1.807, 2.05) is 27.7 Å². The first-order valence-electron chi connectivity index (χ1n) is 9.66. The number of hydrogen-bond acceptors (Lipinski definition) is 7. The van der Waals surface area contributed by atoms with E-state index in [0.29, 0.717) is 30.3 Å². The highest BCUT2D eigenvalue weighted by atomic mass is 32.2. The highest BCUT2D eigenvalue weighted by molar-refractivity contribution is 8.18. The molecule has 29 heavy (non-hydrogen) atoms. The van der Waals surface area contributed by atoms with Crippen LogP contribution in [0.2, 0.25) is 0 Å². The van der Waals surface area contributed by atoms with E-state index >= 15 is 0 Å². The molecule has 2 amide bonds. The van der Waals surface area contributed by atoms with E-state index in [4.69, 9.17) is 14.2 Å². The lowest BCUT2D eigenvalue weighted by Gasteiger charge is -2.13. The van der Waals surface area contributed by atoms with Gasteiger partial charge >= 0.3 is 5.97 Å². The maximum Gasteiger partial charge on any atom is 0.326 e. The summed E-state index contributed by atoms with van der Waals surface area (Å²) in [6.07, 6.45) is 2.48. The SMILES string of the molecule is CCCOc1ccc(/C=C2\SC(=O)N(CC(=O)OCC(C)C)C2=O)cc1OCC. The molecule has 1 aliphatic heterocycles. The van der Waals surface area contributed by atoms with Crippen LogP contribution in [0, 0.1) is 5.92 Å². The van der Waals surface area contributed by atoms with Crippen LogP contribution in [0.5, 0.6) is 11.5 Å². The molecule has 0 unspecified atom stereocenters. The summed E-state index contributed by atoms with van der Waals surface area (Å²) in [5.74, 6) is 0.277. The topological polar surface area (TPSA) is 82.1 Å². The molecule has 0 spiro atoms. The molecule has 0 aromatic heterocycles. The predicted molar refractivity (Wildman–Crippen MR) is 112 cm³/mol. The number of nitrogens with zero attached hydrogens (tertiary/aromatic N) is 1. The Morgan fingerprint density at radius 2 is 1.93 bits per heavy atom. The summed E-state index contributed by atoms with van der Waals surface area (Å²) in [5.41, 5.74) is 0.699. The van der Waals surface area contributed by atoms with E-state index in [9.17, 15) is 14.4 Å². The Kier molecular flexibility index (Phi) is 8.57. The summed E-state index contributed by atoms with van der Waals surface area (Å²) in [7, 11) is 0. The van der Waals surface area contributed by atoms with Crippen molar-refractivity contribution in [2.24, 2.45) is 5.92 Å². The predicted octanol–water partition coefficient (Wildman–Crippen LogP) is 4.11. The quantitative estimate of drug-likeness (QED) is 0.415. The number of rotatable bonds is 10. The van der Waals surface area contributed by atoms with Gasteiger partial charge in [0.25, 0.3) is 11.1 Å². The molecule has 1 aromatic rings. The Balaban J connectivity index is 2.13. The highest BCUT2D eigenvalue weighted by Crippen LogP contribution is 2.34. The molecule has 8 heteroatoms. The number of carbonyl (C=O) groups is 3. The molecule has 158 valence electrons. The van der Waals surface area contributed by atoms with Crippen LogP contribution in [0.1, 0.15) is 39.7 Å². The van der Waals surface area contributed by atoms with Gasteiger partial charge in [-0.1, -0.05) is 26.8 Å². The molecular weight excluding hydrogens is 394 g/mol. The summed E-state index contributed by atoms with van der Waals surface area (Å²) in [6, 6.07) is 5.33. The van der Waals surface area contributed by atoms with Crippen LogP contribution in [0.4, 0.5) is 4.79 Å². The fourth-order valence-electron chi connectivity index (χ4n) is 2.44. The Morgan fingerprint density at radius 1 is 1.17 bits per heavy atom. The minimum absolute atomic E-state index is 0.178. The molecule has 0 saturated carbocycles. The Morgan fingerprint density at radius 3 is 2.59 bits per heavy atom. The first-order valence-corrected chi connectivity index (χ1v) is 10.5. The van der Waals surface area contributed by atoms with Gasteiger partial charge < -0.3 is 14.2 Å². The van der Waals surface area contributed by atoms with E-state index in [0.717, 1.165) is 23.1 Å². The molecule has 2 rings (SSSR count). The van der Waals surface area contributed by atoms with Crippen molar-refractivity contribution in [1.82, 2.24) is 4.90 Å². The van der Waals surface area contributed by atoms with Gasteiger partial charge in [0.1, 0.15) is 6.54 Å². The fourth-order valence-corrected chi connectivity index (χ4v) is 3.27. The van der Waals surface area contributed by atoms with Crippen LogP contribution < -0.4 is 9.47 Å². The second kappa shape index (κ2) is 10.9. The zero-order valence-electron chi connectivity index (χ0n) is 17.2. The van der Waals surface area contributed by atoms with E-state index in [1.165, 1.54) is 0 Å². The molecule has 0 aliphatic carbocycles. The van der Waals surface area contributed by atoms with Gasteiger partial charge in [0.05, 0.1) is 24.7 Å². The van der Waals surface area contributed by atoms with Crippen LogP contribution in [0.3, 0.4) is 0 Å². The third-order valence-electron chi connectivity index (χ3n) is 3.77. The van der Waals surface area contributed by atoms with Crippen LogP contribution >= 0.6 is 11.8 Å². The smallest absolute Gasteiger partial charge is 0.326 e. The minimum atomic E-state index is -0.599. The van der Waals surface area contributed by atoms with Gasteiger partial charge in [-0.05, 0) is 54.8 Å². The van der Waals surface area contributed by atoms with Gasteiger partial charge in [0.2, 0.25) is 0 Å². The fraction of sp³-hybridized carbons (Fsp3) is 0.476. The van der Waals surface area contributed by atoms with Gasteiger partial charge in [-0.15, -0.1) is 0 Å². The number of carbonyl (C=O) groups excluding carboxylic acids is 3. The van der Waals surface area contributed by atoms with Crippen molar-refractivity contribution in [3.63, 3.8) is 0 Å². The van der Waals surface area contributed by atoms with Crippen molar-refractivity contribution in [3.05, 3.63) is 28.7 Å². The monoisotopic (exact) mass is 421 g/mol. The minimum Gasteiger partial charge on any atom is -0.490 e. The zero-order valence-corrected chi connectivity index (χ0v) is 18.0. The second-order valence-corrected chi connectivity index (χ2v) is 7.83. The number of ether oxygens (including phenoxy) is 3. The van der Waals surface area contributed by atoms with Crippen LogP contribution in [-0.4, -0.2) is 48.4 Å². The Hall–Kier alpha value is -2.48. The number of imide groups is 1. The highest BCUT2D eigenvalue weighted by Gasteiger charge is 2.36. The van der Waals surface area contributed by atoms with Gasteiger partial charge in [0, 0.05) is 0 Å². The number of amides is 2. The van der Waals surface area contributed by atoms with Crippen LogP contribution in [0.15, 0.2) is 23.1 Å². The van der Waals surface area contributed by atoms with E-state index in [2.05, 4.69) is 0 Å². The van der Waals surface area contributed by atoms with Gasteiger partial charge in [-0.25, -0.2) is 0 Å². The van der Waals surface area contributed by atoms with Crippen molar-refractivity contribution in [1.29, 1.82) is 0 Å². The zero-order chi connectivity index (χ0) is 21.4. The molecule has 7 nitrogen and oxygen atoms in total. The van der Waals surface area contributed by atoms with Crippen molar-refractivity contribution in [2.45, 2.75) is 34.1 Å². The normalized spacial score (nSPS) is 15.3. The van der Waals surface area contributed by atoms with Crippen LogP contribution in [0.25, 0.3) is 6.08 Å². The Labute approximate surface area is 175 Å². The number of thioether (sulfide) groups is 1. The molecule has 0 atom stereocenters. The van der Waals surface area contributed by atoms with Crippen molar-refractivity contribution < 1.29 is 28.6 Å². The van der Waals surface area contributed by atoms with Gasteiger partial charge in [0.15, 0.2) is 11.5 Å². The van der Waals surface area contributed by atoms with E-state index < -0.39 is 17.1 Å². The van der Waals surface area contributed by atoms with E-state index in [-0.39, 0.29) is 24.0 Å². The second-order valence-electron chi connectivity index (χ2n) is 6.83.